The highest BCUT2D eigenvalue weighted by Gasteiger charge is 2.55. The maximum Gasteiger partial charge on any atom is 0.339 e. The quantitative estimate of drug-likeness (QED) is 0.648. The fraction of sp³-hybridized carbons (Fsp3) is 0.571. The van der Waals surface area contributed by atoms with Gasteiger partial charge in [-0.3, -0.25) is 14.9 Å². The first-order valence-electron chi connectivity index (χ1n) is 7.02. The number of pyridine rings is 1. The minimum atomic E-state index is -1.83. The first kappa shape index (κ1) is 13.0. The van der Waals surface area contributed by atoms with E-state index in [9.17, 15) is 14.9 Å². The molecule has 20 heavy (non-hydrogen) atoms. The van der Waals surface area contributed by atoms with E-state index in [2.05, 4.69) is 4.98 Å². The van der Waals surface area contributed by atoms with E-state index in [1.54, 1.807) is 0 Å². The number of aromatic nitrogens is 1. The molecule has 106 valence electrons. The molecule has 0 saturated heterocycles. The van der Waals surface area contributed by atoms with Gasteiger partial charge in [-0.05, 0) is 49.7 Å². The van der Waals surface area contributed by atoms with Crippen molar-refractivity contribution in [2.24, 2.45) is 5.73 Å². The van der Waals surface area contributed by atoms with Gasteiger partial charge < -0.3 is 5.73 Å². The summed E-state index contributed by atoms with van der Waals surface area (Å²) in [7, 11) is 0. The first-order chi connectivity index (χ1) is 9.55. The number of nitrogens with zero attached hydrogens (tertiary/aromatic N) is 2. The summed E-state index contributed by atoms with van der Waals surface area (Å²) in [5.74, 6) is -0.897. The molecule has 1 heterocycles. The van der Waals surface area contributed by atoms with Gasteiger partial charge in [0, 0.05) is 17.0 Å². The predicted octanol–water partition coefficient (Wildman–Crippen LogP) is 1.25. The summed E-state index contributed by atoms with van der Waals surface area (Å²) >= 11 is 0. The van der Waals surface area contributed by atoms with Crippen LogP contribution >= 0.6 is 0 Å². The Morgan fingerprint density at radius 1 is 1.25 bits per heavy atom. The molecule has 1 atom stereocenters. The molecule has 3 rings (SSSR count). The van der Waals surface area contributed by atoms with Crippen molar-refractivity contribution < 1.29 is 9.72 Å². The van der Waals surface area contributed by atoms with E-state index in [0.29, 0.717) is 12.1 Å². The number of amides is 1. The number of nitrogens with two attached hydrogens (primary N) is 1. The van der Waals surface area contributed by atoms with Crippen LogP contribution in [0, 0.1) is 10.1 Å². The molecule has 2 aliphatic carbocycles. The topological polar surface area (TPSA) is 99.1 Å². The van der Waals surface area contributed by atoms with Gasteiger partial charge in [0.1, 0.15) is 5.69 Å². The molecule has 0 radical (unpaired) electrons. The Hall–Kier alpha value is -1.98. The van der Waals surface area contributed by atoms with E-state index in [4.69, 9.17) is 5.73 Å². The summed E-state index contributed by atoms with van der Waals surface area (Å²) in [6, 6.07) is 2.01. The number of rotatable bonds is 2. The van der Waals surface area contributed by atoms with Gasteiger partial charge >= 0.3 is 11.4 Å². The molecule has 0 fully saturated rings. The molecule has 1 aromatic heterocycles. The molecular formula is C14H17N3O3. The van der Waals surface area contributed by atoms with E-state index in [0.717, 1.165) is 43.4 Å². The minimum absolute atomic E-state index is 0.147. The summed E-state index contributed by atoms with van der Waals surface area (Å²) in [6.07, 6.45) is 5.45. The Morgan fingerprint density at radius 2 is 1.95 bits per heavy atom. The molecule has 6 nitrogen and oxygen atoms in total. The predicted molar refractivity (Wildman–Crippen MR) is 71.7 cm³/mol. The van der Waals surface area contributed by atoms with Gasteiger partial charge in [-0.25, -0.2) is 4.98 Å². The number of primary amides is 1. The molecule has 0 saturated carbocycles. The van der Waals surface area contributed by atoms with E-state index in [1.165, 1.54) is 5.56 Å². The second-order valence-corrected chi connectivity index (χ2v) is 5.64. The molecule has 1 aromatic rings. The molecule has 0 aromatic carbocycles. The maximum atomic E-state index is 11.8. The summed E-state index contributed by atoms with van der Waals surface area (Å²) in [4.78, 5) is 27.3. The van der Waals surface area contributed by atoms with Crippen LogP contribution in [0.2, 0.25) is 0 Å². The number of aryl methyl sites for hydroxylation is 3. The van der Waals surface area contributed by atoms with Gasteiger partial charge in [-0.15, -0.1) is 0 Å². The zero-order valence-electron chi connectivity index (χ0n) is 11.2. The van der Waals surface area contributed by atoms with Gasteiger partial charge in [0.15, 0.2) is 0 Å². The molecule has 2 N–H and O–H groups in total. The van der Waals surface area contributed by atoms with Gasteiger partial charge in [-0.2, -0.15) is 0 Å². The van der Waals surface area contributed by atoms with Crippen LogP contribution in [0.4, 0.5) is 0 Å². The Balaban J connectivity index is 2.21. The van der Waals surface area contributed by atoms with Crippen LogP contribution in [-0.2, 0) is 29.6 Å². The van der Waals surface area contributed by atoms with Crippen LogP contribution in [0.25, 0.3) is 0 Å². The second kappa shape index (κ2) is 4.54. The smallest absolute Gasteiger partial charge is 0.339 e. The van der Waals surface area contributed by atoms with E-state index in [1.807, 2.05) is 6.07 Å². The Labute approximate surface area is 116 Å². The van der Waals surface area contributed by atoms with Crippen molar-refractivity contribution in [3.05, 3.63) is 38.7 Å². The second-order valence-electron chi connectivity index (χ2n) is 5.64. The highest BCUT2D eigenvalue weighted by Crippen LogP contribution is 2.38. The zero-order valence-corrected chi connectivity index (χ0v) is 11.2. The van der Waals surface area contributed by atoms with Gasteiger partial charge in [0.05, 0.1) is 0 Å². The SMILES string of the molecule is NC(=O)C1([N+](=O)[O-])CCCc2cc3c(nc21)CCCC3. The van der Waals surface area contributed by atoms with E-state index >= 15 is 0 Å². The van der Waals surface area contributed by atoms with Gasteiger partial charge in [-0.1, -0.05) is 6.07 Å². The third-order valence-corrected chi connectivity index (χ3v) is 4.48. The number of nitro groups is 1. The molecule has 1 unspecified atom stereocenters. The number of fused-ring (bicyclic) bond motifs is 2. The molecule has 0 aliphatic heterocycles. The van der Waals surface area contributed by atoms with Crippen molar-refractivity contribution in [2.75, 3.05) is 0 Å². The lowest BCUT2D eigenvalue weighted by Crippen LogP contribution is -2.50. The van der Waals surface area contributed by atoms with E-state index in [-0.39, 0.29) is 6.42 Å². The summed E-state index contributed by atoms with van der Waals surface area (Å²) in [5.41, 5.74) is 6.75. The molecule has 0 bridgehead atoms. The highest BCUT2D eigenvalue weighted by molar-refractivity contribution is 5.85. The molecular weight excluding hydrogens is 258 g/mol. The standard InChI is InChI=1S/C14H17N3O3/c15-13(18)14(17(19)20)7-3-5-10-8-9-4-1-2-6-11(9)16-12(10)14/h8H,1-7H2,(H2,15,18). The number of hydrogen-bond donors (Lipinski definition) is 1. The Kier molecular flexibility index (Phi) is 2.96. The summed E-state index contributed by atoms with van der Waals surface area (Å²) < 4.78 is 0. The van der Waals surface area contributed by atoms with Crippen LogP contribution in [-0.4, -0.2) is 15.8 Å². The van der Waals surface area contributed by atoms with Gasteiger partial charge in [0.25, 0.3) is 0 Å². The molecule has 0 spiro atoms. The Bertz CT molecular complexity index is 584. The van der Waals surface area contributed by atoms with Crippen LogP contribution in [0.5, 0.6) is 0 Å². The molecule has 2 aliphatic rings. The monoisotopic (exact) mass is 275 g/mol. The molecule has 1 amide bonds. The van der Waals surface area contributed by atoms with Crippen LogP contribution < -0.4 is 5.73 Å². The van der Waals surface area contributed by atoms with Crippen molar-refractivity contribution in [1.29, 1.82) is 0 Å². The minimum Gasteiger partial charge on any atom is -0.363 e. The Morgan fingerprint density at radius 3 is 2.65 bits per heavy atom. The van der Waals surface area contributed by atoms with Crippen LogP contribution in [0.15, 0.2) is 6.07 Å². The van der Waals surface area contributed by atoms with Crippen molar-refractivity contribution >= 4 is 5.91 Å². The average molecular weight is 275 g/mol. The van der Waals surface area contributed by atoms with Gasteiger partial charge in [0.2, 0.25) is 0 Å². The summed E-state index contributed by atoms with van der Waals surface area (Å²) in [5, 5.41) is 11.5. The molecule has 6 heteroatoms. The van der Waals surface area contributed by atoms with Crippen molar-refractivity contribution in [3.8, 4) is 0 Å². The maximum absolute atomic E-state index is 11.8. The van der Waals surface area contributed by atoms with E-state index < -0.39 is 16.4 Å². The lowest BCUT2D eigenvalue weighted by molar-refractivity contribution is -0.564. The van der Waals surface area contributed by atoms with Crippen molar-refractivity contribution in [3.63, 3.8) is 0 Å². The van der Waals surface area contributed by atoms with Crippen LogP contribution in [0.1, 0.15) is 48.2 Å². The first-order valence-corrected chi connectivity index (χ1v) is 7.02. The van der Waals surface area contributed by atoms with Crippen molar-refractivity contribution in [2.45, 2.75) is 50.5 Å². The summed E-state index contributed by atoms with van der Waals surface area (Å²) in [6.45, 7) is 0. The van der Waals surface area contributed by atoms with Crippen LogP contribution in [0.3, 0.4) is 0 Å². The van der Waals surface area contributed by atoms with Crippen molar-refractivity contribution in [1.82, 2.24) is 4.98 Å². The average Bonchev–Trinajstić information content (AvgIpc) is 2.43. The third-order valence-electron chi connectivity index (χ3n) is 4.48. The lowest BCUT2D eigenvalue weighted by atomic mass is 9.78. The lowest BCUT2D eigenvalue weighted by Gasteiger charge is -2.29. The number of hydrogen-bond acceptors (Lipinski definition) is 4. The normalized spacial score (nSPS) is 24.6. The number of carbonyl (C=O) groups excluding carboxylic acids is 1. The number of carbonyl (C=O) groups is 1. The highest BCUT2D eigenvalue weighted by atomic mass is 16.6. The largest absolute Gasteiger partial charge is 0.363 e. The fourth-order valence-electron chi connectivity index (χ4n) is 3.39. The third kappa shape index (κ3) is 1.71. The zero-order chi connectivity index (χ0) is 14.3. The fourth-order valence-corrected chi connectivity index (χ4v) is 3.39.